The molecule has 6 heteroatoms. The van der Waals surface area contributed by atoms with Crippen molar-refractivity contribution in [1.29, 1.82) is 0 Å². The number of phenolic OH excluding ortho intramolecular Hbond substituents is 1. The number of phenols is 1. The minimum Gasteiger partial charge on any atom is -0.507 e. The number of hydrogen-bond acceptors (Lipinski definition) is 5. The fourth-order valence-corrected chi connectivity index (χ4v) is 2.23. The third-order valence-corrected chi connectivity index (χ3v) is 3.24. The third kappa shape index (κ3) is 2.34. The molecule has 1 fully saturated rings. The second-order valence-electron chi connectivity index (χ2n) is 4.51. The molecule has 6 nitrogen and oxygen atoms in total. The number of anilines is 2. The Morgan fingerprint density at radius 3 is 2.74 bits per heavy atom. The minimum atomic E-state index is 0.209. The van der Waals surface area contributed by atoms with Crippen molar-refractivity contribution in [2.75, 3.05) is 36.9 Å². The second-order valence-corrected chi connectivity index (χ2v) is 4.51. The van der Waals surface area contributed by atoms with Crippen LogP contribution >= 0.6 is 0 Å². The number of aromatic amines is 1. The maximum Gasteiger partial charge on any atom is 0.145 e. The van der Waals surface area contributed by atoms with Crippen LogP contribution in [-0.4, -0.2) is 41.6 Å². The lowest BCUT2D eigenvalue weighted by molar-refractivity contribution is 0.122. The van der Waals surface area contributed by atoms with E-state index in [0.717, 1.165) is 32.0 Å². The van der Waals surface area contributed by atoms with Gasteiger partial charge in [0, 0.05) is 30.4 Å². The van der Waals surface area contributed by atoms with Crippen LogP contribution in [0.1, 0.15) is 0 Å². The Labute approximate surface area is 110 Å². The molecule has 4 N–H and O–H groups in total. The predicted octanol–water partition coefficient (Wildman–Crippen LogP) is 1.20. The first-order chi connectivity index (χ1) is 9.24. The summed E-state index contributed by atoms with van der Waals surface area (Å²) >= 11 is 0. The van der Waals surface area contributed by atoms with E-state index in [1.54, 1.807) is 12.1 Å². The number of rotatable bonds is 2. The fourth-order valence-electron chi connectivity index (χ4n) is 2.23. The highest BCUT2D eigenvalue weighted by Gasteiger charge is 2.14. The van der Waals surface area contributed by atoms with Crippen LogP contribution < -0.4 is 10.6 Å². The number of nitrogens with two attached hydrogens (primary N) is 1. The molecule has 1 saturated heterocycles. The van der Waals surface area contributed by atoms with Crippen molar-refractivity contribution in [3.63, 3.8) is 0 Å². The number of ether oxygens (including phenoxy) is 1. The van der Waals surface area contributed by atoms with Crippen molar-refractivity contribution in [2.24, 2.45) is 0 Å². The zero-order valence-electron chi connectivity index (χ0n) is 10.5. The van der Waals surface area contributed by atoms with Gasteiger partial charge in [0.25, 0.3) is 0 Å². The van der Waals surface area contributed by atoms with Crippen LogP contribution in [-0.2, 0) is 4.74 Å². The molecule has 0 bridgehead atoms. The maximum absolute atomic E-state index is 9.96. The number of H-pyrrole nitrogens is 1. The molecule has 2 aromatic rings. The molecule has 1 aromatic carbocycles. The van der Waals surface area contributed by atoms with Gasteiger partial charge in [-0.25, -0.2) is 0 Å². The molecule has 3 rings (SSSR count). The molecule has 0 radical (unpaired) electrons. The molecule has 1 aromatic heterocycles. The van der Waals surface area contributed by atoms with Crippen molar-refractivity contribution in [1.82, 2.24) is 10.2 Å². The molecule has 0 atom stereocenters. The van der Waals surface area contributed by atoms with E-state index in [4.69, 9.17) is 10.5 Å². The van der Waals surface area contributed by atoms with E-state index in [0.29, 0.717) is 17.1 Å². The lowest BCUT2D eigenvalue weighted by Gasteiger charge is -2.29. The van der Waals surface area contributed by atoms with Crippen LogP contribution in [0.3, 0.4) is 0 Å². The standard InChI is InChI=1S/C13H16N4O2/c14-13-8-11(15-16-13)10-7-9(1-2-12(10)18)17-3-5-19-6-4-17/h1-2,7-8,18H,3-6H2,(H3,14,15,16). The molecule has 0 unspecified atom stereocenters. The van der Waals surface area contributed by atoms with Gasteiger partial charge in [0.15, 0.2) is 0 Å². The quantitative estimate of drug-likeness (QED) is 0.755. The van der Waals surface area contributed by atoms with Crippen LogP contribution in [0.4, 0.5) is 11.5 Å². The van der Waals surface area contributed by atoms with Crippen molar-refractivity contribution in [3.05, 3.63) is 24.3 Å². The van der Waals surface area contributed by atoms with E-state index in [1.165, 1.54) is 0 Å². The number of morpholine rings is 1. The summed E-state index contributed by atoms with van der Waals surface area (Å²) in [6.45, 7) is 3.17. The Morgan fingerprint density at radius 2 is 2.05 bits per heavy atom. The molecule has 100 valence electrons. The van der Waals surface area contributed by atoms with Crippen molar-refractivity contribution >= 4 is 11.5 Å². The summed E-state index contributed by atoms with van der Waals surface area (Å²) in [5.41, 5.74) is 8.07. The zero-order valence-corrected chi connectivity index (χ0v) is 10.5. The second kappa shape index (κ2) is 4.81. The molecule has 1 aliphatic rings. The van der Waals surface area contributed by atoms with Crippen molar-refractivity contribution < 1.29 is 9.84 Å². The average Bonchev–Trinajstić information content (AvgIpc) is 2.87. The lowest BCUT2D eigenvalue weighted by atomic mass is 10.1. The minimum absolute atomic E-state index is 0.209. The van der Waals surface area contributed by atoms with Gasteiger partial charge in [-0.05, 0) is 18.2 Å². The van der Waals surface area contributed by atoms with Gasteiger partial charge >= 0.3 is 0 Å². The first-order valence-electron chi connectivity index (χ1n) is 6.21. The maximum atomic E-state index is 9.96. The van der Waals surface area contributed by atoms with E-state index in [9.17, 15) is 5.11 Å². The highest BCUT2D eigenvalue weighted by Crippen LogP contribution is 2.32. The molecular formula is C13H16N4O2. The highest BCUT2D eigenvalue weighted by molar-refractivity contribution is 5.73. The SMILES string of the molecule is Nc1cc(-c2cc(N3CCOCC3)ccc2O)[nH]n1. The van der Waals surface area contributed by atoms with E-state index < -0.39 is 0 Å². The van der Waals surface area contributed by atoms with Gasteiger partial charge in [-0.3, -0.25) is 5.10 Å². The van der Waals surface area contributed by atoms with Crippen LogP contribution in [0.15, 0.2) is 24.3 Å². The first kappa shape index (κ1) is 11.9. The van der Waals surface area contributed by atoms with E-state index in [1.807, 2.05) is 12.1 Å². The summed E-state index contributed by atoms with van der Waals surface area (Å²) in [6, 6.07) is 7.24. The molecule has 19 heavy (non-hydrogen) atoms. The topological polar surface area (TPSA) is 87.4 Å². The van der Waals surface area contributed by atoms with Crippen LogP contribution in [0, 0.1) is 0 Å². The number of nitrogens with one attached hydrogen (secondary N) is 1. The Kier molecular flexibility index (Phi) is 3.00. The molecule has 0 saturated carbocycles. The largest absolute Gasteiger partial charge is 0.507 e. The molecule has 0 spiro atoms. The molecule has 0 aliphatic carbocycles. The van der Waals surface area contributed by atoms with Gasteiger partial charge in [-0.2, -0.15) is 5.10 Å². The van der Waals surface area contributed by atoms with Gasteiger partial charge < -0.3 is 20.5 Å². The van der Waals surface area contributed by atoms with Gasteiger partial charge in [-0.15, -0.1) is 0 Å². The summed E-state index contributed by atoms with van der Waals surface area (Å²) in [7, 11) is 0. The fraction of sp³-hybridized carbons (Fsp3) is 0.308. The number of nitrogens with zero attached hydrogens (tertiary/aromatic N) is 2. The Bertz CT molecular complexity index is 576. The summed E-state index contributed by atoms with van der Waals surface area (Å²) < 4.78 is 5.34. The summed E-state index contributed by atoms with van der Waals surface area (Å²) in [4.78, 5) is 2.23. The number of aromatic hydroxyl groups is 1. The Morgan fingerprint density at radius 1 is 1.26 bits per heavy atom. The Balaban J connectivity index is 1.95. The summed E-state index contributed by atoms with van der Waals surface area (Å²) in [5.74, 6) is 0.617. The number of hydrogen-bond donors (Lipinski definition) is 3. The molecular weight excluding hydrogens is 244 g/mol. The number of nitrogen functional groups attached to an aromatic ring is 1. The number of benzene rings is 1. The van der Waals surface area contributed by atoms with Gasteiger partial charge in [0.2, 0.25) is 0 Å². The normalized spacial score (nSPS) is 15.7. The molecule has 2 heterocycles. The Hall–Kier alpha value is -2.21. The van der Waals surface area contributed by atoms with E-state index in [-0.39, 0.29) is 5.75 Å². The van der Waals surface area contributed by atoms with E-state index in [2.05, 4.69) is 15.1 Å². The van der Waals surface area contributed by atoms with E-state index >= 15 is 0 Å². The van der Waals surface area contributed by atoms with Crippen LogP contribution in [0.2, 0.25) is 0 Å². The summed E-state index contributed by atoms with van der Waals surface area (Å²) in [5, 5.41) is 16.7. The monoisotopic (exact) mass is 260 g/mol. The smallest absolute Gasteiger partial charge is 0.145 e. The molecule has 0 amide bonds. The van der Waals surface area contributed by atoms with Gasteiger partial charge in [0.05, 0.1) is 18.9 Å². The van der Waals surface area contributed by atoms with Gasteiger partial charge in [0.1, 0.15) is 11.6 Å². The molecule has 1 aliphatic heterocycles. The van der Waals surface area contributed by atoms with Crippen molar-refractivity contribution in [2.45, 2.75) is 0 Å². The van der Waals surface area contributed by atoms with Crippen LogP contribution in [0.5, 0.6) is 5.75 Å². The average molecular weight is 260 g/mol. The lowest BCUT2D eigenvalue weighted by Crippen LogP contribution is -2.36. The first-order valence-corrected chi connectivity index (χ1v) is 6.21. The van der Waals surface area contributed by atoms with Crippen molar-refractivity contribution in [3.8, 4) is 17.0 Å². The third-order valence-electron chi connectivity index (χ3n) is 3.24. The predicted molar refractivity (Wildman–Crippen MR) is 73.1 cm³/mol. The number of aromatic nitrogens is 2. The summed E-state index contributed by atoms with van der Waals surface area (Å²) in [6.07, 6.45) is 0. The van der Waals surface area contributed by atoms with Crippen LogP contribution in [0.25, 0.3) is 11.3 Å². The zero-order chi connectivity index (χ0) is 13.2. The highest BCUT2D eigenvalue weighted by atomic mass is 16.5. The van der Waals surface area contributed by atoms with Gasteiger partial charge in [-0.1, -0.05) is 0 Å².